The van der Waals surface area contributed by atoms with E-state index in [1.54, 1.807) is 59.8 Å². The van der Waals surface area contributed by atoms with Crippen molar-refractivity contribution in [2.24, 2.45) is 15.8 Å². The zero-order valence-electron chi connectivity index (χ0n) is 28.2. The van der Waals surface area contributed by atoms with Gasteiger partial charge >= 0.3 is 11.9 Å². The van der Waals surface area contributed by atoms with Crippen LogP contribution < -0.4 is 16.0 Å². The normalized spacial score (nSPS) is 17.3. The summed E-state index contributed by atoms with van der Waals surface area (Å²) in [6.07, 6.45) is 9.01. The van der Waals surface area contributed by atoms with Crippen molar-refractivity contribution in [1.82, 2.24) is 15.3 Å². The van der Waals surface area contributed by atoms with Gasteiger partial charge in [0.1, 0.15) is 0 Å². The highest BCUT2D eigenvalue weighted by Gasteiger charge is 2.32. The van der Waals surface area contributed by atoms with Crippen LogP contribution in [0.1, 0.15) is 75.2 Å². The van der Waals surface area contributed by atoms with Gasteiger partial charge in [0.25, 0.3) is 11.8 Å². The standard InChI is InChI=1S/C37H42N4O6/c1-11-22-20(5)32(42)40-28(22)13-26-18(3)24(16-36(7,8)34(44)45)30(38-26)15-31-25(17-37(9,10)35(46)47)19(4)27(39-31)14-29-23(12-2)21(6)33(43)41-29/h11-15,38-39H,1-2,16-17H2,3-10H3,(H,40,42)(H,44,45)(H,46,47)/b27-14?,28-13-,31-15?. The monoisotopic (exact) mass is 638 g/mol. The number of carboxylic acids is 2. The molecule has 0 atom stereocenters. The lowest BCUT2D eigenvalue weighted by Crippen LogP contribution is -2.29. The first-order valence-electron chi connectivity index (χ1n) is 15.3. The predicted molar refractivity (Wildman–Crippen MR) is 183 cm³/mol. The van der Waals surface area contributed by atoms with E-state index in [0.717, 1.165) is 22.3 Å². The van der Waals surface area contributed by atoms with Gasteiger partial charge < -0.3 is 25.5 Å². The number of carbonyl (C=O) groups excluding carboxylic acids is 2. The molecule has 0 unspecified atom stereocenters. The highest BCUT2D eigenvalue weighted by atomic mass is 16.4. The summed E-state index contributed by atoms with van der Waals surface area (Å²) in [4.78, 5) is 60.3. The number of hydrogen-bond donors (Lipinski definition) is 5. The second kappa shape index (κ2) is 12.5. The number of hydrogen-bond acceptors (Lipinski definition) is 4. The maximum atomic E-state index is 12.4. The Balaban J connectivity index is 2.03. The minimum Gasteiger partial charge on any atom is -0.481 e. The number of nitrogens with zero attached hydrogens (tertiary/aromatic N) is 1. The molecule has 0 spiro atoms. The Kier molecular flexibility index (Phi) is 9.21. The Morgan fingerprint density at radius 1 is 0.745 bits per heavy atom. The van der Waals surface area contributed by atoms with Crippen LogP contribution in [0, 0.1) is 24.7 Å². The number of amides is 2. The average Bonchev–Trinajstić information content (AvgIpc) is 3.62. The Morgan fingerprint density at radius 3 is 1.87 bits per heavy atom. The van der Waals surface area contributed by atoms with Gasteiger partial charge in [-0.2, -0.15) is 0 Å². The number of H-pyrrole nitrogens is 2. The van der Waals surface area contributed by atoms with Crippen molar-refractivity contribution in [2.75, 3.05) is 0 Å². The summed E-state index contributed by atoms with van der Waals surface area (Å²) in [5.41, 5.74) is 5.56. The molecule has 0 bridgehead atoms. The van der Waals surface area contributed by atoms with Crippen LogP contribution in [-0.2, 0) is 32.0 Å². The summed E-state index contributed by atoms with van der Waals surface area (Å²) < 4.78 is 0. The van der Waals surface area contributed by atoms with Gasteiger partial charge in [0.15, 0.2) is 0 Å². The SMILES string of the molecule is C=CC1=C(C)C(=O)N=C1C=c1[nH]c(=Cc2[nH]c(/C=C3\NC(=O)C(C)=C3C=C)c(C)c2CC(C)(C)C(=O)O)c(CC(C)(C)C(=O)O)c1C. The topological polar surface area (TPSA) is 165 Å². The van der Waals surface area contributed by atoms with Gasteiger partial charge in [-0.05, 0) is 109 Å². The van der Waals surface area contributed by atoms with Crippen molar-refractivity contribution < 1.29 is 29.4 Å². The summed E-state index contributed by atoms with van der Waals surface area (Å²) in [5.74, 6) is -2.47. The summed E-state index contributed by atoms with van der Waals surface area (Å²) >= 11 is 0. The molecule has 2 aliphatic heterocycles. The fraction of sp³-hybridized carbons (Fsp3) is 0.324. The molecule has 10 heteroatoms. The fourth-order valence-corrected chi connectivity index (χ4v) is 5.72. The number of nitrogens with one attached hydrogen (secondary N) is 3. The Bertz CT molecular complexity index is 2020. The molecule has 2 aromatic heterocycles. The van der Waals surface area contributed by atoms with E-state index in [-0.39, 0.29) is 24.7 Å². The Labute approximate surface area is 273 Å². The first-order chi connectivity index (χ1) is 21.8. The lowest BCUT2D eigenvalue weighted by atomic mass is 9.84. The van der Waals surface area contributed by atoms with Crippen LogP contribution in [-0.4, -0.2) is 49.6 Å². The van der Waals surface area contributed by atoms with E-state index < -0.39 is 22.8 Å². The second-order valence-corrected chi connectivity index (χ2v) is 13.4. The van der Waals surface area contributed by atoms with E-state index in [4.69, 9.17) is 0 Å². The molecule has 0 saturated carbocycles. The molecule has 4 heterocycles. The molecule has 2 aliphatic rings. The molecular weight excluding hydrogens is 596 g/mol. The van der Waals surface area contributed by atoms with E-state index in [1.165, 1.54) is 0 Å². The number of allylic oxidation sites excluding steroid dienone is 3. The minimum absolute atomic E-state index is 0.185. The molecule has 5 N–H and O–H groups in total. The molecule has 47 heavy (non-hydrogen) atoms. The lowest BCUT2D eigenvalue weighted by Gasteiger charge is -2.20. The third-order valence-corrected chi connectivity index (χ3v) is 9.07. The Morgan fingerprint density at radius 2 is 1.32 bits per heavy atom. The van der Waals surface area contributed by atoms with Gasteiger partial charge in [-0.3, -0.25) is 19.2 Å². The molecule has 0 radical (unpaired) electrons. The van der Waals surface area contributed by atoms with Crippen molar-refractivity contribution in [3.8, 4) is 0 Å². The van der Waals surface area contributed by atoms with Crippen LogP contribution >= 0.6 is 0 Å². The lowest BCUT2D eigenvalue weighted by molar-refractivity contribution is -0.147. The second-order valence-electron chi connectivity index (χ2n) is 13.4. The minimum atomic E-state index is -1.11. The van der Waals surface area contributed by atoms with Crippen LogP contribution in [0.4, 0.5) is 0 Å². The summed E-state index contributed by atoms with van der Waals surface area (Å²) in [7, 11) is 0. The number of aromatic nitrogens is 2. The smallest absolute Gasteiger partial charge is 0.309 e. The quantitative estimate of drug-likeness (QED) is 0.246. The summed E-state index contributed by atoms with van der Waals surface area (Å²) in [6.45, 7) is 21.5. The van der Waals surface area contributed by atoms with Crippen LogP contribution in [0.5, 0.6) is 0 Å². The maximum absolute atomic E-state index is 12.4. The van der Waals surface area contributed by atoms with Crippen molar-refractivity contribution in [2.45, 2.75) is 68.2 Å². The molecule has 246 valence electrons. The van der Waals surface area contributed by atoms with Gasteiger partial charge in [0.05, 0.1) is 22.2 Å². The molecule has 2 amide bonds. The third kappa shape index (κ3) is 6.54. The van der Waals surface area contributed by atoms with Gasteiger partial charge in [-0.15, -0.1) is 0 Å². The molecule has 4 rings (SSSR count). The molecule has 2 aromatic rings. The predicted octanol–water partition coefficient (Wildman–Crippen LogP) is 4.33. The highest BCUT2D eigenvalue weighted by molar-refractivity contribution is 6.32. The number of aliphatic imine (C=N–C) groups is 1. The van der Waals surface area contributed by atoms with Crippen LogP contribution in [0.3, 0.4) is 0 Å². The van der Waals surface area contributed by atoms with E-state index in [2.05, 4.69) is 33.4 Å². The van der Waals surface area contributed by atoms with Crippen LogP contribution in [0.2, 0.25) is 0 Å². The van der Waals surface area contributed by atoms with E-state index in [1.807, 2.05) is 26.0 Å². The number of aliphatic carboxylic acids is 2. The van der Waals surface area contributed by atoms with E-state index in [0.29, 0.717) is 55.8 Å². The van der Waals surface area contributed by atoms with Gasteiger partial charge in [-0.1, -0.05) is 25.3 Å². The van der Waals surface area contributed by atoms with Gasteiger partial charge in [0, 0.05) is 44.4 Å². The zero-order chi connectivity index (χ0) is 35.2. The zero-order valence-corrected chi connectivity index (χ0v) is 28.2. The first-order valence-corrected chi connectivity index (χ1v) is 15.3. The van der Waals surface area contributed by atoms with Crippen molar-refractivity contribution in [3.05, 3.63) is 97.6 Å². The van der Waals surface area contributed by atoms with Crippen LogP contribution in [0.25, 0.3) is 18.2 Å². The number of carbonyl (C=O) groups is 4. The summed E-state index contributed by atoms with van der Waals surface area (Å²) in [6, 6.07) is 0. The van der Waals surface area contributed by atoms with Gasteiger partial charge in [-0.25, -0.2) is 4.99 Å². The number of carboxylic acid groups (broad SMARTS) is 2. The van der Waals surface area contributed by atoms with Gasteiger partial charge in [0.2, 0.25) is 0 Å². The third-order valence-electron chi connectivity index (χ3n) is 9.07. The average molecular weight is 639 g/mol. The molecule has 0 saturated heterocycles. The van der Waals surface area contributed by atoms with E-state index >= 15 is 0 Å². The van der Waals surface area contributed by atoms with Crippen molar-refractivity contribution in [3.63, 3.8) is 0 Å². The summed E-state index contributed by atoms with van der Waals surface area (Å²) in [5, 5.41) is 24.2. The maximum Gasteiger partial charge on any atom is 0.309 e. The first kappa shape index (κ1) is 34.6. The molecule has 0 aromatic carbocycles. The highest BCUT2D eigenvalue weighted by Crippen LogP contribution is 2.32. The molecule has 0 aliphatic carbocycles. The Hall–Kier alpha value is -5.25. The molecule has 10 nitrogen and oxygen atoms in total. The van der Waals surface area contributed by atoms with Crippen molar-refractivity contribution in [1.29, 1.82) is 0 Å². The number of aromatic amines is 2. The van der Waals surface area contributed by atoms with E-state index in [9.17, 15) is 29.4 Å². The van der Waals surface area contributed by atoms with Crippen LogP contribution in [0.15, 0.2) is 58.3 Å². The molecule has 0 fully saturated rings. The largest absolute Gasteiger partial charge is 0.481 e. The molecular formula is C37H42N4O6. The fourth-order valence-electron chi connectivity index (χ4n) is 5.72. The number of rotatable bonds is 11. The van der Waals surface area contributed by atoms with Crippen molar-refractivity contribution >= 4 is 47.7 Å².